The van der Waals surface area contributed by atoms with Gasteiger partial charge in [-0.05, 0) is 46.9 Å². The Labute approximate surface area is 161 Å². The number of benzene rings is 2. The molecule has 0 aromatic heterocycles. The molecule has 3 heteroatoms. The summed E-state index contributed by atoms with van der Waals surface area (Å²) in [6.45, 7) is 4.71. The number of ketones is 1. The SMILES string of the molecule is CC1(C)CC=C(c2ccc(CC(=O)C(=O)OCc3ccccc3)cc2)CC1. The Morgan fingerprint density at radius 3 is 2.30 bits per heavy atom. The van der Waals surface area contributed by atoms with Crippen molar-refractivity contribution in [3.8, 4) is 0 Å². The van der Waals surface area contributed by atoms with Crippen molar-refractivity contribution < 1.29 is 14.3 Å². The van der Waals surface area contributed by atoms with Crippen LogP contribution in [0.1, 0.15) is 49.8 Å². The second-order valence-corrected chi connectivity index (χ2v) is 7.96. The van der Waals surface area contributed by atoms with Crippen LogP contribution < -0.4 is 0 Å². The molecule has 27 heavy (non-hydrogen) atoms. The highest BCUT2D eigenvalue weighted by Crippen LogP contribution is 2.37. The van der Waals surface area contributed by atoms with E-state index in [2.05, 4.69) is 19.9 Å². The van der Waals surface area contributed by atoms with E-state index in [1.807, 2.05) is 54.6 Å². The Balaban J connectivity index is 1.54. The van der Waals surface area contributed by atoms with E-state index in [0.29, 0.717) is 5.41 Å². The summed E-state index contributed by atoms with van der Waals surface area (Å²) in [6, 6.07) is 17.3. The van der Waals surface area contributed by atoms with Gasteiger partial charge in [-0.25, -0.2) is 4.79 Å². The number of allylic oxidation sites excluding steroid dienone is 2. The van der Waals surface area contributed by atoms with Crippen LogP contribution >= 0.6 is 0 Å². The normalized spacial score (nSPS) is 15.7. The van der Waals surface area contributed by atoms with Crippen LogP contribution in [0, 0.1) is 5.41 Å². The van der Waals surface area contributed by atoms with E-state index >= 15 is 0 Å². The number of esters is 1. The molecule has 2 aromatic carbocycles. The fourth-order valence-corrected chi connectivity index (χ4v) is 3.24. The third-order valence-electron chi connectivity index (χ3n) is 5.10. The van der Waals surface area contributed by atoms with Crippen LogP contribution in [0.4, 0.5) is 0 Å². The van der Waals surface area contributed by atoms with Crippen LogP contribution in [0.2, 0.25) is 0 Å². The molecule has 0 heterocycles. The summed E-state index contributed by atoms with van der Waals surface area (Å²) in [5, 5.41) is 0. The highest BCUT2D eigenvalue weighted by Gasteiger charge is 2.22. The van der Waals surface area contributed by atoms with Crippen molar-refractivity contribution in [2.75, 3.05) is 0 Å². The topological polar surface area (TPSA) is 43.4 Å². The summed E-state index contributed by atoms with van der Waals surface area (Å²) < 4.78 is 5.10. The molecular weight excluding hydrogens is 336 g/mol. The third kappa shape index (κ3) is 5.40. The predicted molar refractivity (Wildman–Crippen MR) is 107 cm³/mol. The molecule has 3 rings (SSSR count). The van der Waals surface area contributed by atoms with Crippen molar-refractivity contribution in [1.29, 1.82) is 0 Å². The quantitative estimate of drug-likeness (QED) is 0.528. The molecule has 1 aliphatic rings. The monoisotopic (exact) mass is 362 g/mol. The van der Waals surface area contributed by atoms with Crippen molar-refractivity contribution in [3.05, 3.63) is 77.4 Å². The van der Waals surface area contributed by atoms with Crippen molar-refractivity contribution >= 4 is 17.3 Å². The fourth-order valence-electron chi connectivity index (χ4n) is 3.24. The predicted octanol–water partition coefficient (Wildman–Crippen LogP) is 5.14. The minimum absolute atomic E-state index is 0.0694. The van der Waals surface area contributed by atoms with Gasteiger partial charge in [0.2, 0.25) is 5.78 Å². The molecule has 0 amide bonds. The van der Waals surface area contributed by atoms with Gasteiger partial charge in [0.1, 0.15) is 6.61 Å². The minimum atomic E-state index is -0.778. The molecule has 140 valence electrons. The summed E-state index contributed by atoms with van der Waals surface area (Å²) >= 11 is 0. The van der Waals surface area contributed by atoms with Crippen molar-refractivity contribution in [2.45, 2.75) is 46.1 Å². The lowest BCUT2D eigenvalue weighted by molar-refractivity contribution is -0.154. The maximum atomic E-state index is 12.1. The Morgan fingerprint density at radius 2 is 1.67 bits per heavy atom. The molecule has 0 saturated carbocycles. The highest BCUT2D eigenvalue weighted by molar-refractivity contribution is 6.34. The van der Waals surface area contributed by atoms with E-state index in [1.165, 1.54) is 17.6 Å². The van der Waals surface area contributed by atoms with Crippen LogP contribution in [0.15, 0.2) is 60.7 Å². The molecule has 0 saturated heterocycles. The van der Waals surface area contributed by atoms with E-state index in [0.717, 1.165) is 24.0 Å². The van der Waals surface area contributed by atoms with Crippen LogP contribution in [0.3, 0.4) is 0 Å². The van der Waals surface area contributed by atoms with Gasteiger partial charge in [-0.2, -0.15) is 0 Å². The van der Waals surface area contributed by atoms with E-state index < -0.39 is 11.8 Å². The molecule has 0 fully saturated rings. The zero-order valence-electron chi connectivity index (χ0n) is 16.0. The van der Waals surface area contributed by atoms with E-state index in [4.69, 9.17) is 4.74 Å². The first kappa shape index (κ1) is 19.1. The number of Topliss-reactive ketones (excluding diaryl/α,β-unsaturated/α-hetero) is 1. The third-order valence-corrected chi connectivity index (χ3v) is 5.10. The maximum Gasteiger partial charge on any atom is 0.375 e. The summed E-state index contributed by atoms with van der Waals surface area (Å²) in [6.07, 6.45) is 5.75. The second kappa shape index (κ2) is 8.34. The molecule has 0 radical (unpaired) electrons. The summed E-state index contributed by atoms with van der Waals surface area (Å²) in [5.41, 5.74) is 4.66. The second-order valence-electron chi connectivity index (χ2n) is 7.96. The van der Waals surface area contributed by atoms with Gasteiger partial charge in [0, 0.05) is 6.42 Å². The van der Waals surface area contributed by atoms with Gasteiger partial charge < -0.3 is 4.74 Å². The first-order valence-electron chi connectivity index (χ1n) is 9.45. The van der Waals surface area contributed by atoms with Crippen LogP contribution in [-0.4, -0.2) is 11.8 Å². The Morgan fingerprint density at radius 1 is 0.963 bits per heavy atom. The molecule has 0 bridgehead atoms. The number of hydrogen-bond donors (Lipinski definition) is 0. The Kier molecular flexibility index (Phi) is 5.90. The standard InChI is InChI=1S/C24H26O3/c1-24(2)14-12-21(13-15-24)20-10-8-18(9-11-20)16-22(25)23(26)27-17-19-6-4-3-5-7-19/h3-12H,13-17H2,1-2H3. The molecule has 0 unspecified atom stereocenters. The lowest BCUT2D eigenvalue weighted by Gasteiger charge is -2.28. The minimum Gasteiger partial charge on any atom is -0.455 e. The van der Waals surface area contributed by atoms with Gasteiger partial charge in [0.15, 0.2) is 0 Å². The molecule has 0 aliphatic heterocycles. The number of ether oxygens (including phenoxy) is 1. The first-order chi connectivity index (χ1) is 12.9. The average molecular weight is 362 g/mol. The summed E-state index contributed by atoms with van der Waals surface area (Å²) in [7, 11) is 0. The molecule has 1 aliphatic carbocycles. The van der Waals surface area contributed by atoms with Gasteiger partial charge in [0.25, 0.3) is 0 Å². The van der Waals surface area contributed by atoms with Gasteiger partial charge in [0.05, 0.1) is 0 Å². The van der Waals surface area contributed by atoms with E-state index in [1.54, 1.807) is 0 Å². The smallest absolute Gasteiger partial charge is 0.375 e. The van der Waals surface area contributed by atoms with Gasteiger partial charge in [-0.1, -0.05) is 74.5 Å². The lowest BCUT2D eigenvalue weighted by atomic mass is 9.77. The average Bonchev–Trinajstić information content (AvgIpc) is 2.67. The van der Waals surface area contributed by atoms with Crippen LogP contribution in [0.5, 0.6) is 0 Å². The molecule has 0 spiro atoms. The van der Waals surface area contributed by atoms with E-state index in [9.17, 15) is 9.59 Å². The first-order valence-corrected chi connectivity index (χ1v) is 9.45. The van der Waals surface area contributed by atoms with E-state index in [-0.39, 0.29) is 13.0 Å². The van der Waals surface area contributed by atoms with Gasteiger partial charge in [-0.15, -0.1) is 0 Å². The van der Waals surface area contributed by atoms with Crippen molar-refractivity contribution in [3.63, 3.8) is 0 Å². The van der Waals surface area contributed by atoms with Gasteiger partial charge >= 0.3 is 5.97 Å². The zero-order chi connectivity index (χ0) is 19.3. The number of carbonyl (C=O) groups is 2. The fraction of sp³-hybridized carbons (Fsp3) is 0.333. The molecular formula is C24H26O3. The van der Waals surface area contributed by atoms with Crippen LogP contribution in [-0.2, 0) is 27.4 Å². The summed E-state index contributed by atoms with van der Waals surface area (Å²) in [5.74, 6) is -1.29. The number of hydrogen-bond acceptors (Lipinski definition) is 3. The highest BCUT2D eigenvalue weighted by atomic mass is 16.5. The summed E-state index contributed by atoms with van der Waals surface area (Å²) in [4.78, 5) is 24.0. The van der Waals surface area contributed by atoms with Crippen LogP contribution in [0.25, 0.3) is 5.57 Å². The molecule has 0 atom stereocenters. The molecule has 3 nitrogen and oxygen atoms in total. The Hall–Kier alpha value is -2.68. The Bertz CT molecular complexity index is 830. The number of carbonyl (C=O) groups excluding carboxylic acids is 2. The van der Waals surface area contributed by atoms with Crippen molar-refractivity contribution in [2.24, 2.45) is 5.41 Å². The largest absolute Gasteiger partial charge is 0.455 e. The number of rotatable bonds is 6. The lowest BCUT2D eigenvalue weighted by Crippen LogP contribution is -2.19. The van der Waals surface area contributed by atoms with Crippen molar-refractivity contribution in [1.82, 2.24) is 0 Å². The maximum absolute atomic E-state index is 12.1. The van der Waals surface area contributed by atoms with Gasteiger partial charge in [-0.3, -0.25) is 4.79 Å². The molecule has 0 N–H and O–H groups in total. The molecule has 2 aromatic rings. The zero-order valence-corrected chi connectivity index (χ0v) is 16.0.